The van der Waals surface area contributed by atoms with Crippen LogP contribution in [-0.4, -0.2) is 16.6 Å². The third-order valence-electron chi connectivity index (χ3n) is 8.58. The van der Waals surface area contributed by atoms with E-state index in [0.717, 1.165) is 42.9 Å². The summed E-state index contributed by atoms with van der Waals surface area (Å²) >= 11 is 0. The third kappa shape index (κ3) is 2.37. The maximum Gasteiger partial charge on any atom is 0.221 e. The molecule has 4 aliphatic rings. The molecule has 130 valence electrons. The van der Waals surface area contributed by atoms with E-state index < -0.39 is 5.60 Å². The standard InChI is InChI=1S/C20H33NO2/c1-19(23)9-7-13-12(11-19)3-4-15-14(13)8-10-20(2)16(15)5-6-17(20)18(21)22/h12-17,23H,3-11H2,1-2H3,(H2,21,22)/t12-,13+,14-,15-,16+,17-,19-,20+/m1/s1. The smallest absolute Gasteiger partial charge is 0.221 e. The summed E-state index contributed by atoms with van der Waals surface area (Å²) in [4.78, 5) is 11.9. The van der Waals surface area contributed by atoms with Gasteiger partial charge < -0.3 is 10.8 Å². The Morgan fingerprint density at radius 1 is 0.957 bits per heavy atom. The molecule has 23 heavy (non-hydrogen) atoms. The fourth-order valence-electron chi connectivity index (χ4n) is 7.55. The van der Waals surface area contributed by atoms with Crippen LogP contribution in [-0.2, 0) is 4.79 Å². The minimum Gasteiger partial charge on any atom is -0.390 e. The van der Waals surface area contributed by atoms with Crippen LogP contribution in [0.5, 0.6) is 0 Å². The second kappa shape index (κ2) is 5.21. The van der Waals surface area contributed by atoms with Gasteiger partial charge in [0.05, 0.1) is 5.60 Å². The Labute approximate surface area is 140 Å². The SMILES string of the molecule is C[C@@]1(O)CC[C@H]2[C@H](CC[C@@H]3[C@@H]2CC[C@]2(C)[C@@H](C(N)=O)CC[C@@H]32)C1. The highest BCUT2D eigenvalue weighted by Crippen LogP contribution is 2.64. The molecule has 0 bridgehead atoms. The van der Waals surface area contributed by atoms with Gasteiger partial charge in [-0.05, 0) is 99.7 Å². The molecule has 0 saturated heterocycles. The molecule has 8 atom stereocenters. The Balaban J connectivity index is 1.56. The molecule has 0 aliphatic heterocycles. The van der Waals surface area contributed by atoms with Gasteiger partial charge in [-0.15, -0.1) is 0 Å². The van der Waals surface area contributed by atoms with Crippen molar-refractivity contribution in [3.8, 4) is 0 Å². The monoisotopic (exact) mass is 319 g/mol. The third-order valence-corrected chi connectivity index (χ3v) is 8.58. The maximum atomic E-state index is 11.9. The quantitative estimate of drug-likeness (QED) is 0.777. The molecule has 3 N–H and O–H groups in total. The van der Waals surface area contributed by atoms with Gasteiger partial charge in [-0.2, -0.15) is 0 Å². The lowest BCUT2D eigenvalue weighted by atomic mass is 9.49. The van der Waals surface area contributed by atoms with Crippen molar-refractivity contribution in [2.45, 2.75) is 77.2 Å². The molecule has 0 heterocycles. The summed E-state index contributed by atoms with van der Waals surface area (Å²) in [5.74, 6) is 3.97. The van der Waals surface area contributed by atoms with Crippen molar-refractivity contribution in [3.63, 3.8) is 0 Å². The summed E-state index contributed by atoms with van der Waals surface area (Å²) in [5.41, 5.74) is 5.46. The molecule has 4 saturated carbocycles. The average molecular weight is 319 g/mol. The van der Waals surface area contributed by atoms with Crippen molar-refractivity contribution in [2.75, 3.05) is 0 Å². The van der Waals surface area contributed by atoms with E-state index in [-0.39, 0.29) is 17.2 Å². The lowest BCUT2D eigenvalue weighted by molar-refractivity contribution is -0.131. The van der Waals surface area contributed by atoms with Crippen LogP contribution in [0.2, 0.25) is 0 Å². The van der Waals surface area contributed by atoms with Crippen LogP contribution in [0.15, 0.2) is 0 Å². The van der Waals surface area contributed by atoms with E-state index in [0.29, 0.717) is 5.92 Å². The summed E-state index contributed by atoms with van der Waals surface area (Å²) in [6, 6.07) is 0. The molecule has 4 fully saturated rings. The number of rotatable bonds is 1. The number of carbonyl (C=O) groups excluding carboxylic acids is 1. The molecular formula is C20H33NO2. The lowest BCUT2D eigenvalue weighted by Gasteiger charge is -2.56. The predicted molar refractivity (Wildman–Crippen MR) is 90.4 cm³/mol. The van der Waals surface area contributed by atoms with Crippen molar-refractivity contribution < 1.29 is 9.90 Å². The number of fused-ring (bicyclic) bond motifs is 5. The molecule has 0 unspecified atom stereocenters. The molecule has 0 aromatic carbocycles. The van der Waals surface area contributed by atoms with E-state index in [9.17, 15) is 9.90 Å². The van der Waals surface area contributed by atoms with Crippen molar-refractivity contribution >= 4 is 5.91 Å². The van der Waals surface area contributed by atoms with Crippen molar-refractivity contribution in [3.05, 3.63) is 0 Å². The Kier molecular flexibility index (Phi) is 3.61. The summed E-state index contributed by atoms with van der Waals surface area (Å²) in [6.07, 6.45) is 10.5. The highest BCUT2D eigenvalue weighted by Gasteiger charge is 2.58. The molecular weight excluding hydrogens is 286 g/mol. The van der Waals surface area contributed by atoms with Gasteiger partial charge in [0.2, 0.25) is 5.91 Å². The summed E-state index contributed by atoms with van der Waals surface area (Å²) in [7, 11) is 0. The number of hydrogen-bond acceptors (Lipinski definition) is 2. The highest BCUT2D eigenvalue weighted by molar-refractivity contribution is 5.78. The normalized spacial score (nSPS) is 55.6. The first-order valence-electron chi connectivity index (χ1n) is 9.83. The fraction of sp³-hybridized carbons (Fsp3) is 0.950. The Bertz CT molecular complexity index is 502. The molecule has 3 nitrogen and oxygen atoms in total. The Hall–Kier alpha value is -0.570. The predicted octanol–water partition coefficient (Wildman–Crippen LogP) is 3.49. The lowest BCUT2D eigenvalue weighted by Crippen LogP contribution is -2.51. The second-order valence-electron chi connectivity index (χ2n) is 9.75. The first-order chi connectivity index (χ1) is 10.8. The number of carbonyl (C=O) groups is 1. The van der Waals surface area contributed by atoms with Gasteiger partial charge in [-0.25, -0.2) is 0 Å². The van der Waals surface area contributed by atoms with E-state index >= 15 is 0 Å². The number of aliphatic hydroxyl groups is 1. The van der Waals surface area contributed by atoms with Crippen LogP contribution >= 0.6 is 0 Å². The molecule has 0 aromatic heterocycles. The van der Waals surface area contributed by atoms with Crippen LogP contribution in [0.25, 0.3) is 0 Å². The minimum absolute atomic E-state index is 0.0594. The zero-order chi connectivity index (χ0) is 16.4. The zero-order valence-corrected chi connectivity index (χ0v) is 14.8. The first-order valence-corrected chi connectivity index (χ1v) is 9.83. The molecule has 4 aliphatic carbocycles. The van der Waals surface area contributed by atoms with Gasteiger partial charge in [-0.3, -0.25) is 4.79 Å². The number of nitrogens with two attached hydrogens (primary N) is 1. The topological polar surface area (TPSA) is 63.3 Å². The minimum atomic E-state index is -0.429. The highest BCUT2D eigenvalue weighted by atomic mass is 16.3. The first kappa shape index (κ1) is 15.9. The van der Waals surface area contributed by atoms with E-state index in [1.54, 1.807) is 0 Å². The largest absolute Gasteiger partial charge is 0.390 e. The summed E-state index contributed by atoms with van der Waals surface area (Å²) in [6.45, 7) is 4.38. The summed E-state index contributed by atoms with van der Waals surface area (Å²) in [5, 5.41) is 10.4. The number of hydrogen-bond donors (Lipinski definition) is 2. The molecule has 1 amide bonds. The van der Waals surface area contributed by atoms with Gasteiger partial charge in [0.15, 0.2) is 0 Å². The summed E-state index contributed by atoms with van der Waals surface area (Å²) < 4.78 is 0. The van der Waals surface area contributed by atoms with Crippen molar-refractivity contribution in [2.24, 2.45) is 46.7 Å². The van der Waals surface area contributed by atoms with Crippen LogP contribution in [0.3, 0.4) is 0 Å². The fourth-order valence-corrected chi connectivity index (χ4v) is 7.55. The van der Waals surface area contributed by atoms with E-state index in [2.05, 4.69) is 6.92 Å². The molecule has 3 heteroatoms. The average Bonchev–Trinajstić information content (AvgIpc) is 2.83. The van der Waals surface area contributed by atoms with E-state index in [4.69, 9.17) is 5.73 Å². The van der Waals surface area contributed by atoms with Crippen molar-refractivity contribution in [1.82, 2.24) is 0 Å². The van der Waals surface area contributed by atoms with Gasteiger partial charge in [0.1, 0.15) is 0 Å². The Morgan fingerprint density at radius 2 is 1.70 bits per heavy atom. The van der Waals surface area contributed by atoms with Crippen molar-refractivity contribution in [1.29, 1.82) is 0 Å². The molecule has 0 aromatic rings. The van der Waals surface area contributed by atoms with Crippen LogP contribution in [0, 0.1) is 40.9 Å². The van der Waals surface area contributed by atoms with E-state index in [1.165, 1.54) is 38.5 Å². The van der Waals surface area contributed by atoms with Gasteiger partial charge in [0, 0.05) is 5.92 Å². The van der Waals surface area contributed by atoms with Crippen LogP contribution in [0.1, 0.15) is 71.6 Å². The molecule has 0 spiro atoms. The molecule has 0 radical (unpaired) electrons. The van der Waals surface area contributed by atoms with Crippen LogP contribution < -0.4 is 5.73 Å². The Morgan fingerprint density at radius 3 is 2.43 bits per heavy atom. The number of amides is 1. The maximum absolute atomic E-state index is 11.9. The zero-order valence-electron chi connectivity index (χ0n) is 14.8. The number of primary amides is 1. The second-order valence-corrected chi connectivity index (χ2v) is 9.75. The van der Waals surface area contributed by atoms with E-state index in [1.807, 2.05) is 6.92 Å². The van der Waals surface area contributed by atoms with Crippen LogP contribution in [0.4, 0.5) is 0 Å². The van der Waals surface area contributed by atoms with Gasteiger partial charge in [0.25, 0.3) is 0 Å². The molecule has 4 rings (SSSR count). The van der Waals surface area contributed by atoms with Gasteiger partial charge >= 0.3 is 0 Å². The van der Waals surface area contributed by atoms with Gasteiger partial charge in [-0.1, -0.05) is 6.92 Å².